The number of hydrogen-bond acceptors (Lipinski definition) is 4. The highest BCUT2D eigenvalue weighted by atomic mass is 32.1. The van der Waals surface area contributed by atoms with Crippen molar-refractivity contribution in [3.63, 3.8) is 0 Å². The van der Waals surface area contributed by atoms with Gasteiger partial charge in [-0.25, -0.2) is 0 Å². The summed E-state index contributed by atoms with van der Waals surface area (Å²) in [5.74, 6) is 0.109. The van der Waals surface area contributed by atoms with E-state index in [1.807, 2.05) is 23.3 Å². The van der Waals surface area contributed by atoms with Crippen molar-refractivity contribution in [2.45, 2.75) is 37.3 Å². The lowest BCUT2D eigenvalue weighted by atomic mass is 10.1. The SMILES string of the molecule is CCC1COC(C)CN1C(=O)c1cc(S)cs1. The summed E-state index contributed by atoms with van der Waals surface area (Å²) in [6, 6.07) is 2.03. The third-order valence-corrected chi connectivity index (χ3v) is 4.35. The molecule has 1 aliphatic rings. The van der Waals surface area contributed by atoms with Crippen molar-refractivity contribution in [2.24, 2.45) is 0 Å². The lowest BCUT2D eigenvalue weighted by Crippen LogP contribution is -2.51. The van der Waals surface area contributed by atoms with E-state index in [4.69, 9.17) is 4.74 Å². The van der Waals surface area contributed by atoms with Crippen molar-refractivity contribution >= 4 is 29.9 Å². The van der Waals surface area contributed by atoms with Gasteiger partial charge in [-0.3, -0.25) is 4.79 Å². The molecule has 5 heteroatoms. The number of amides is 1. The van der Waals surface area contributed by atoms with Crippen LogP contribution in [0.2, 0.25) is 0 Å². The first-order valence-corrected chi connectivity index (χ1v) is 7.14. The summed E-state index contributed by atoms with van der Waals surface area (Å²) in [4.78, 5) is 15.9. The van der Waals surface area contributed by atoms with Crippen molar-refractivity contribution in [2.75, 3.05) is 13.2 Å². The van der Waals surface area contributed by atoms with E-state index < -0.39 is 0 Å². The molecule has 0 aliphatic carbocycles. The van der Waals surface area contributed by atoms with Crippen LogP contribution < -0.4 is 0 Å². The fourth-order valence-corrected chi connectivity index (χ4v) is 3.11. The summed E-state index contributed by atoms with van der Waals surface area (Å²) in [7, 11) is 0. The van der Waals surface area contributed by atoms with Crippen LogP contribution in [0.1, 0.15) is 29.9 Å². The van der Waals surface area contributed by atoms with E-state index in [1.165, 1.54) is 11.3 Å². The zero-order valence-corrected chi connectivity index (χ0v) is 11.8. The first-order chi connectivity index (χ1) is 8.11. The molecule has 0 N–H and O–H groups in total. The Morgan fingerprint density at radius 1 is 1.71 bits per heavy atom. The number of morpholine rings is 1. The largest absolute Gasteiger partial charge is 0.375 e. The first kappa shape index (κ1) is 12.9. The summed E-state index contributed by atoms with van der Waals surface area (Å²) in [5.41, 5.74) is 0. The molecule has 2 heterocycles. The maximum atomic E-state index is 12.4. The third kappa shape index (κ3) is 2.84. The van der Waals surface area contributed by atoms with Gasteiger partial charge in [-0.05, 0) is 19.4 Å². The van der Waals surface area contributed by atoms with Crippen molar-refractivity contribution in [3.05, 3.63) is 16.3 Å². The van der Waals surface area contributed by atoms with E-state index in [9.17, 15) is 4.79 Å². The molecule has 1 aromatic rings. The van der Waals surface area contributed by atoms with Gasteiger partial charge >= 0.3 is 0 Å². The van der Waals surface area contributed by atoms with E-state index in [0.29, 0.717) is 13.2 Å². The van der Waals surface area contributed by atoms with Crippen LogP contribution in [-0.2, 0) is 4.74 Å². The molecule has 0 aromatic carbocycles. The Morgan fingerprint density at radius 2 is 2.47 bits per heavy atom. The van der Waals surface area contributed by atoms with Gasteiger partial charge in [-0.2, -0.15) is 0 Å². The van der Waals surface area contributed by atoms with Crippen LogP contribution in [-0.4, -0.2) is 36.1 Å². The minimum Gasteiger partial charge on any atom is -0.375 e. The van der Waals surface area contributed by atoms with Crippen molar-refractivity contribution in [1.82, 2.24) is 4.90 Å². The minimum atomic E-state index is 0.109. The average Bonchev–Trinajstić information content (AvgIpc) is 2.75. The molecule has 0 bridgehead atoms. The van der Waals surface area contributed by atoms with Crippen LogP contribution in [0, 0.1) is 0 Å². The predicted octanol–water partition coefficient (Wildman–Crippen LogP) is 2.68. The summed E-state index contributed by atoms with van der Waals surface area (Å²) in [6.45, 7) is 5.41. The lowest BCUT2D eigenvalue weighted by Gasteiger charge is -2.38. The maximum Gasteiger partial charge on any atom is 0.264 e. The van der Waals surface area contributed by atoms with Crippen LogP contribution in [0.5, 0.6) is 0 Å². The van der Waals surface area contributed by atoms with Gasteiger partial charge in [-0.15, -0.1) is 24.0 Å². The van der Waals surface area contributed by atoms with Gasteiger partial charge in [0.2, 0.25) is 0 Å². The molecule has 1 fully saturated rings. The number of ether oxygens (including phenoxy) is 1. The number of carbonyl (C=O) groups excluding carboxylic acids is 1. The summed E-state index contributed by atoms with van der Waals surface area (Å²) in [5, 5.41) is 1.89. The molecular formula is C12H17NO2S2. The highest BCUT2D eigenvalue weighted by molar-refractivity contribution is 7.80. The van der Waals surface area contributed by atoms with Gasteiger partial charge in [0.05, 0.1) is 23.6 Å². The molecule has 17 heavy (non-hydrogen) atoms. The number of carbonyl (C=O) groups is 1. The number of thiol groups is 1. The van der Waals surface area contributed by atoms with Crippen LogP contribution in [0.15, 0.2) is 16.3 Å². The van der Waals surface area contributed by atoms with Crippen LogP contribution in [0.3, 0.4) is 0 Å². The lowest BCUT2D eigenvalue weighted by molar-refractivity contribution is -0.0442. The number of thiophene rings is 1. The van der Waals surface area contributed by atoms with Crippen molar-refractivity contribution < 1.29 is 9.53 Å². The zero-order valence-electron chi connectivity index (χ0n) is 10.0. The molecule has 94 valence electrons. The molecule has 1 aliphatic heterocycles. The van der Waals surface area contributed by atoms with Crippen LogP contribution >= 0.6 is 24.0 Å². The number of nitrogens with zero attached hydrogens (tertiary/aromatic N) is 1. The van der Waals surface area contributed by atoms with Gasteiger partial charge in [0.15, 0.2) is 0 Å². The molecule has 2 unspecified atom stereocenters. The minimum absolute atomic E-state index is 0.109. The van der Waals surface area contributed by atoms with E-state index in [1.54, 1.807) is 0 Å². The van der Waals surface area contributed by atoms with E-state index in [-0.39, 0.29) is 18.1 Å². The van der Waals surface area contributed by atoms with Gasteiger partial charge < -0.3 is 9.64 Å². The quantitative estimate of drug-likeness (QED) is 0.838. The summed E-state index contributed by atoms with van der Waals surface area (Å²) in [6.07, 6.45) is 1.05. The Balaban J connectivity index is 2.16. The molecule has 1 amide bonds. The van der Waals surface area contributed by atoms with Gasteiger partial charge in [0.25, 0.3) is 5.91 Å². The van der Waals surface area contributed by atoms with Gasteiger partial charge in [0, 0.05) is 16.8 Å². The maximum absolute atomic E-state index is 12.4. The molecule has 2 atom stereocenters. The Morgan fingerprint density at radius 3 is 3.06 bits per heavy atom. The van der Waals surface area contributed by atoms with Crippen LogP contribution in [0.4, 0.5) is 0 Å². The fraction of sp³-hybridized carbons (Fsp3) is 0.583. The van der Waals surface area contributed by atoms with E-state index >= 15 is 0 Å². The smallest absolute Gasteiger partial charge is 0.264 e. The third-order valence-electron chi connectivity index (χ3n) is 3.00. The Labute approximate surface area is 111 Å². The number of rotatable bonds is 2. The standard InChI is InChI=1S/C12H17NO2S2/c1-3-9-6-15-8(2)5-13(9)12(14)11-4-10(16)7-17-11/h4,7-9,16H,3,5-6H2,1-2H3. The highest BCUT2D eigenvalue weighted by Gasteiger charge is 2.30. The molecule has 0 saturated carbocycles. The predicted molar refractivity (Wildman–Crippen MR) is 72.1 cm³/mol. The van der Waals surface area contributed by atoms with Crippen molar-refractivity contribution in [1.29, 1.82) is 0 Å². The van der Waals surface area contributed by atoms with Gasteiger partial charge in [0.1, 0.15) is 0 Å². The summed E-state index contributed by atoms with van der Waals surface area (Å²) >= 11 is 5.70. The van der Waals surface area contributed by atoms with Gasteiger partial charge in [-0.1, -0.05) is 6.92 Å². The zero-order chi connectivity index (χ0) is 12.4. The second-order valence-electron chi connectivity index (χ2n) is 4.33. The Hall–Kier alpha value is -0.520. The molecule has 1 saturated heterocycles. The van der Waals surface area contributed by atoms with E-state index in [2.05, 4.69) is 19.6 Å². The second-order valence-corrected chi connectivity index (χ2v) is 5.76. The Bertz CT molecular complexity index is 405. The average molecular weight is 271 g/mol. The normalized spacial score (nSPS) is 25.0. The molecule has 2 rings (SSSR count). The van der Waals surface area contributed by atoms with Crippen molar-refractivity contribution in [3.8, 4) is 0 Å². The second kappa shape index (κ2) is 5.42. The molecular weight excluding hydrogens is 254 g/mol. The first-order valence-electron chi connectivity index (χ1n) is 5.82. The van der Waals surface area contributed by atoms with Crippen LogP contribution in [0.25, 0.3) is 0 Å². The molecule has 0 spiro atoms. The molecule has 1 aromatic heterocycles. The van der Waals surface area contributed by atoms with E-state index in [0.717, 1.165) is 16.2 Å². The Kier molecular flexibility index (Phi) is 4.12. The molecule has 0 radical (unpaired) electrons. The number of hydrogen-bond donors (Lipinski definition) is 1. The topological polar surface area (TPSA) is 29.5 Å². The summed E-state index contributed by atoms with van der Waals surface area (Å²) < 4.78 is 5.60. The fourth-order valence-electron chi connectivity index (χ4n) is 2.01. The molecule has 3 nitrogen and oxygen atoms in total. The highest BCUT2D eigenvalue weighted by Crippen LogP contribution is 2.23. The monoisotopic (exact) mass is 271 g/mol.